The molecule has 226 valence electrons. The number of anilines is 1. The highest BCUT2D eigenvalue weighted by Crippen LogP contribution is 2.41. The van der Waals surface area contributed by atoms with Gasteiger partial charge in [0, 0.05) is 22.5 Å². The zero-order chi connectivity index (χ0) is 31.1. The minimum atomic E-state index is -1.78. The molecule has 4 heterocycles. The van der Waals surface area contributed by atoms with E-state index in [-0.39, 0.29) is 39.0 Å². The van der Waals surface area contributed by atoms with E-state index >= 15 is 0 Å². The van der Waals surface area contributed by atoms with Gasteiger partial charge in [-0.25, -0.2) is 25.4 Å². The van der Waals surface area contributed by atoms with Crippen LogP contribution < -0.4 is 28.4 Å². The molecule has 0 aliphatic carbocycles. The molecule has 3 aliphatic rings. The summed E-state index contributed by atoms with van der Waals surface area (Å²) < 4.78 is 0. The van der Waals surface area contributed by atoms with Crippen LogP contribution in [-0.2, 0) is 24.0 Å². The maximum atomic E-state index is 13.2. The molecular formula is C22H28N10O7S3. The Morgan fingerprint density at radius 2 is 2.00 bits per heavy atom. The molecule has 1 aromatic heterocycles. The molecule has 11 N–H and O–H groups in total. The highest BCUT2D eigenvalue weighted by Gasteiger charge is 2.54. The second kappa shape index (κ2) is 11.8. The lowest BCUT2D eigenvalue weighted by atomic mass is 10.0. The molecule has 1 fully saturated rings. The number of amidine groups is 1. The van der Waals surface area contributed by atoms with Crippen LogP contribution in [0.25, 0.3) is 0 Å². The van der Waals surface area contributed by atoms with Gasteiger partial charge in [-0.1, -0.05) is 16.9 Å². The molecule has 3 aliphatic heterocycles. The number of carbonyl (C=O) groups excluding carboxylic acids is 2. The van der Waals surface area contributed by atoms with Crippen molar-refractivity contribution in [3.63, 3.8) is 0 Å². The molecule has 4 rings (SSSR count). The largest absolute Gasteiger partial charge is 0.478 e. The van der Waals surface area contributed by atoms with Crippen molar-refractivity contribution >= 4 is 74.6 Å². The van der Waals surface area contributed by atoms with Crippen LogP contribution >= 0.6 is 34.9 Å². The molecule has 1 aromatic rings. The fraction of sp³-hybridized carbons (Fsp3) is 0.409. The highest BCUT2D eigenvalue weighted by atomic mass is 32.2. The van der Waals surface area contributed by atoms with Gasteiger partial charge in [0.25, 0.3) is 11.8 Å². The van der Waals surface area contributed by atoms with Crippen molar-refractivity contribution in [3.8, 4) is 0 Å². The SMILES string of the molecule is CC1=C(N)N=C(SCC2=C(C(=O)O)N3C(=O)C(NC(=O)/C(=N\OC(C)(C)C(=O)O)c4csc(N)n4)[C@@H]3SC2)N(N)C1N. The number of carboxylic acids is 2. The first-order chi connectivity index (χ1) is 19.6. The van der Waals surface area contributed by atoms with Crippen LogP contribution in [0, 0.1) is 0 Å². The number of hydrazine groups is 1. The molecule has 0 radical (unpaired) electrons. The van der Waals surface area contributed by atoms with Crippen LogP contribution in [0.1, 0.15) is 26.5 Å². The van der Waals surface area contributed by atoms with Gasteiger partial charge in [-0.15, -0.1) is 23.1 Å². The number of β-lactam (4-membered cyclic amide) rings is 1. The third-order valence-electron chi connectivity index (χ3n) is 6.36. The van der Waals surface area contributed by atoms with Crippen molar-refractivity contribution in [2.24, 2.45) is 27.5 Å². The van der Waals surface area contributed by atoms with Crippen LogP contribution in [0.4, 0.5) is 5.13 Å². The Kier molecular flexibility index (Phi) is 8.73. The maximum Gasteiger partial charge on any atom is 0.352 e. The highest BCUT2D eigenvalue weighted by molar-refractivity contribution is 8.14. The van der Waals surface area contributed by atoms with Gasteiger partial charge < -0.3 is 37.6 Å². The van der Waals surface area contributed by atoms with Crippen LogP contribution in [-0.4, -0.2) is 94.4 Å². The van der Waals surface area contributed by atoms with E-state index in [0.29, 0.717) is 11.1 Å². The van der Waals surface area contributed by atoms with Gasteiger partial charge in [-0.2, -0.15) is 0 Å². The Morgan fingerprint density at radius 3 is 2.60 bits per heavy atom. The number of oxime groups is 1. The lowest BCUT2D eigenvalue weighted by molar-refractivity contribution is -0.161. The van der Waals surface area contributed by atoms with E-state index in [2.05, 4.69) is 20.4 Å². The van der Waals surface area contributed by atoms with Crippen LogP contribution in [0.3, 0.4) is 0 Å². The van der Waals surface area contributed by atoms with Crippen molar-refractivity contribution in [1.82, 2.24) is 20.2 Å². The zero-order valence-electron chi connectivity index (χ0n) is 22.4. The average molecular weight is 641 g/mol. The number of aliphatic imine (C=N–C) groups is 1. The third kappa shape index (κ3) is 5.88. The molecule has 0 spiro atoms. The minimum Gasteiger partial charge on any atom is -0.478 e. The maximum absolute atomic E-state index is 13.2. The number of hydrogen-bond donors (Lipinski definition) is 7. The number of fused-ring (bicyclic) bond motifs is 1. The van der Waals surface area contributed by atoms with E-state index in [0.717, 1.165) is 28.0 Å². The number of thioether (sulfide) groups is 2. The van der Waals surface area contributed by atoms with Gasteiger partial charge in [0.2, 0.25) is 5.60 Å². The predicted molar refractivity (Wildman–Crippen MR) is 156 cm³/mol. The van der Waals surface area contributed by atoms with E-state index in [1.54, 1.807) is 6.92 Å². The Labute approximate surface area is 251 Å². The van der Waals surface area contributed by atoms with E-state index < -0.39 is 52.6 Å². The number of nitrogens with two attached hydrogens (primary N) is 4. The second-order valence-electron chi connectivity index (χ2n) is 9.64. The molecule has 42 heavy (non-hydrogen) atoms. The Hall–Kier alpha value is -3.85. The molecule has 3 atom stereocenters. The van der Waals surface area contributed by atoms with Gasteiger partial charge in [0.1, 0.15) is 34.8 Å². The monoisotopic (exact) mass is 640 g/mol. The van der Waals surface area contributed by atoms with Gasteiger partial charge in [0.15, 0.2) is 16.0 Å². The molecule has 0 bridgehead atoms. The number of rotatable bonds is 9. The molecular weight excluding hydrogens is 613 g/mol. The molecule has 1 saturated heterocycles. The third-order valence-corrected chi connectivity index (χ3v) is 9.42. The molecule has 2 amide bonds. The van der Waals surface area contributed by atoms with E-state index in [1.807, 2.05) is 0 Å². The normalized spacial score (nSPS) is 22.9. The van der Waals surface area contributed by atoms with E-state index in [4.69, 9.17) is 27.9 Å². The molecule has 2 unspecified atom stereocenters. The smallest absolute Gasteiger partial charge is 0.352 e. The van der Waals surface area contributed by atoms with E-state index in [1.165, 1.54) is 36.0 Å². The number of aliphatic carboxylic acids is 2. The summed E-state index contributed by atoms with van der Waals surface area (Å²) in [5, 5.41) is 27.9. The fourth-order valence-corrected chi connectivity index (χ4v) is 6.78. The number of nitrogens with zero attached hydrogens (tertiary/aromatic N) is 5. The zero-order valence-corrected chi connectivity index (χ0v) is 24.9. The van der Waals surface area contributed by atoms with Crippen molar-refractivity contribution in [3.05, 3.63) is 33.7 Å². The first kappa shape index (κ1) is 31.1. The first-order valence-corrected chi connectivity index (χ1v) is 14.9. The predicted octanol–water partition coefficient (Wildman–Crippen LogP) is -1.20. The number of amides is 2. The quantitative estimate of drug-likeness (QED) is 0.0722. The summed E-state index contributed by atoms with van der Waals surface area (Å²) in [5.74, 6) is 2.40. The number of nitrogen functional groups attached to an aromatic ring is 1. The lowest BCUT2D eigenvalue weighted by Gasteiger charge is -2.49. The summed E-state index contributed by atoms with van der Waals surface area (Å²) in [6, 6.07) is -1.10. The Balaban J connectivity index is 1.52. The molecule has 0 saturated carbocycles. The number of aromatic nitrogens is 1. The van der Waals surface area contributed by atoms with Gasteiger partial charge in [-0.05, 0) is 26.3 Å². The lowest BCUT2D eigenvalue weighted by Crippen LogP contribution is -2.71. The second-order valence-corrected chi connectivity index (χ2v) is 12.6. The molecule has 17 nitrogen and oxygen atoms in total. The summed E-state index contributed by atoms with van der Waals surface area (Å²) in [6.45, 7) is 4.17. The summed E-state index contributed by atoms with van der Waals surface area (Å²) in [7, 11) is 0. The summed E-state index contributed by atoms with van der Waals surface area (Å²) in [6.07, 6.45) is -0.695. The number of hydrogen-bond acceptors (Lipinski definition) is 16. The van der Waals surface area contributed by atoms with Crippen LogP contribution in [0.5, 0.6) is 0 Å². The number of nitrogens with one attached hydrogen (secondary N) is 1. The van der Waals surface area contributed by atoms with Crippen LogP contribution in [0.2, 0.25) is 0 Å². The molecule has 0 aromatic carbocycles. The van der Waals surface area contributed by atoms with Gasteiger partial charge in [-0.3, -0.25) is 19.5 Å². The summed E-state index contributed by atoms with van der Waals surface area (Å²) in [5.41, 5.74) is 16.3. The van der Waals surface area contributed by atoms with Gasteiger partial charge in [0.05, 0.1) is 0 Å². The standard InChI is InChI=1S/C22H28N10O7S3/c1-7-13(23)29-21(32(26)14(7)24)42-5-8-4-40-17-11(16(34)31(17)12(8)18(35)36)28-15(33)10(9-6-41-20(25)27-9)30-39-22(2,3)19(37)38/h6,11,14,17H,4-5,23-24,26H2,1-3H3,(H2,25,27)(H,28,33)(H,35,36)(H,37,38)/b30-10-/t11?,14?,17-/m0/s1. The topological polar surface area (TPSA) is 278 Å². The number of carboxylic acid groups (broad SMARTS) is 2. The van der Waals surface area contributed by atoms with Crippen molar-refractivity contribution < 1.29 is 34.2 Å². The van der Waals surface area contributed by atoms with Crippen LogP contribution in [0.15, 0.2) is 38.2 Å². The van der Waals surface area contributed by atoms with Crippen molar-refractivity contribution in [2.45, 2.75) is 44.0 Å². The van der Waals surface area contributed by atoms with Crippen molar-refractivity contribution in [1.29, 1.82) is 0 Å². The number of thiazole rings is 1. The summed E-state index contributed by atoms with van der Waals surface area (Å²) in [4.78, 5) is 64.5. The van der Waals surface area contributed by atoms with E-state index in [9.17, 15) is 29.4 Å². The first-order valence-electron chi connectivity index (χ1n) is 12.0. The van der Waals surface area contributed by atoms with Gasteiger partial charge >= 0.3 is 11.9 Å². The average Bonchev–Trinajstić information content (AvgIpc) is 3.36. The minimum absolute atomic E-state index is 0.00603. The summed E-state index contributed by atoms with van der Waals surface area (Å²) >= 11 is 3.38. The van der Waals surface area contributed by atoms with Crippen molar-refractivity contribution in [2.75, 3.05) is 17.2 Å². The Bertz CT molecular complexity index is 1470. The fourth-order valence-electron chi connectivity index (χ4n) is 3.79. The number of carbonyl (C=O) groups is 4. The Morgan fingerprint density at radius 1 is 1.31 bits per heavy atom. The molecule has 20 heteroatoms.